The predicted molar refractivity (Wildman–Crippen MR) is 56.5 cm³/mol. The van der Waals surface area contributed by atoms with E-state index in [1.54, 1.807) is 11.0 Å². The van der Waals surface area contributed by atoms with Gasteiger partial charge in [0.1, 0.15) is 12.7 Å². The molecule has 2 aromatic heterocycles. The minimum absolute atomic E-state index is 0.157. The third kappa shape index (κ3) is 2.38. The van der Waals surface area contributed by atoms with Crippen molar-refractivity contribution in [2.24, 2.45) is 5.73 Å². The molecule has 2 rings (SSSR count). The van der Waals surface area contributed by atoms with E-state index < -0.39 is 0 Å². The van der Waals surface area contributed by atoms with Gasteiger partial charge in [-0.05, 0) is 25.0 Å². The zero-order chi connectivity index (χ0) is 10.7. The van der Waals surface area contributed by atoms with Gasteiger partial charge in [-0.1, -0.05) is 6.07 Å². The summed E-state index contributed by atoms with van der Waals surface area (Å²) in [5, 5.41) is 4.00. The third-order valence-corrected chi connectivity index (χ3v) is 2.02. The maximum atomic E-state index is 5.70. The summed E-state index contributed by atoms with van der Waals surface area (Å²) in [6.45, 7) is 1.98. The Balaban J connectivity index is 2.17. The lowest BCUT2D eigenvalue weighted by molar-refractivity contribution is 0.733. The van der Waals surface area contributed by atoms with Crippen LogP contribution in [-0.4, -0.2) is 25.8 Å². The first-order valence-corrected chi connectivity index (χ1v) is 4.81. The molecular formula is C10H13N5. The summed E-state index contributed by atoms with van der Waals surface area (Å²) in [6.07, 6.45) is 5.76. The van der Waals surface area contributed by atoms with E-state index in [4.69, 9.17) is 5.73 Å². The lowest BCUT2D eigenvalue weighted by Crippen LogP contribution is -2.17. The van der Waals surface area contributed by atoms with E-state index in [1.165, 1.54) is 6.33 Å². The third-order valence-electron chi connectivity index (χ3n) is 2.02. The summed E-state index contributed by atoms with van der Waals surface area (Å²) < 4.78 is 1.62. The Kier molecular flexibility index (Phi) is 2.73. The van der Waals surface area contributed by atoms with Crippen molar-refractivity contribution in [2.75, 3.05) is 0 Å². The monoisotopic (exact) mass is 203 g/mol. The lowest BCUT2D eigenvalue weighted by Gasteiger charge is -2.05. The van der Waals surface area contributed by atoms with Gasteiger partial charge in [0, 0.05) is 12.2 Å². The minimum Gasteiger partial charge on any atom is -0.328 e. The highest BCUT2D eigenvalue weighted by Gasteiger charge is 2.00. The molecular weight excluding hydrogens is 190 g/mol. The Bertz CT molecular complexity index is 404. The maximum absolute atomic E-state index is 5.70. The van der Waals surface area contributed by atoms with E-state index in [-0.39, 0.29) is 6.04 Å². The van der Waals surface area contributed by atoms with E-state index in [0.717, 1.165) is 17.8 Å². The molecule has 0 unspecified atom stereocenters. The van der Waals surface area contributed by atoms with Gasteiger partial charge in [0.25, 0.3) is 0 Å². The number of aromatic nitrogens is 4. The topological polar surface area (TPSA) is 69.6 Å². The molecule has 0 aliphatic rings. The van der Waals surface area contributed by atoms with Crippen LogP contribution in [0.4, 0.5) is 0 Å². The number of hydrogen-bond donors (Lipinski definition) is 1. The van der Waals surface area contributed by atoms with Crippen molar-refractivity contribution in [2.45, 2.75) is 19.4 Å². The van der Waals surface area contributed by atoms with Crippen LogP contribution in [0.3, 0.4) is 0 Å². The highest BCUT2D eigenvalue weighted by Crippen LogP contribution is 2.05. The van der Waals surface area contributed by atoms with Crippen LogP contribution in [0.15, 0.2) is 31.0 Å². The van der Waals surface area contributed by atoms with E-state index >= 15 is 0 Å². The van der Waals surface area contributed by atoms with Gasteiger partial charge in [-0.25, -0.2) is 14.6 Å². The summed E-state index contributed by atoms with van der Waals surface area (Å²) in [6, 6.07) is 4.07. The smallest absolute Gasteiger partial charge is 0.155 e. The summed E-state index contributed by atoms with van der Waals surface area (Å²) >= 11 is 0. The van der Waals surface area contributed by atoms with E-state index in [9.17, 15) is 0 Å². The standard InChI is InChI=1S/C10H13N5/c1-8(11)4-9-2-3-10(13-5-9)15-7-12-6-14-15/h2-3,5-8H,4,11H2,1H3/t8-/m1/s1. The Morgan fingerprint density at radius 3 is 2.87 bits per heavy atom. The van der Waals surface area contributed by atoms with Crippen LogP contribution in [-0.2, 0) is 6.42 Å². The molecule has 78 valence electrons. The molecule has 0 fully saturated rings. The predicted octanol–water partition coefficient (Wildman–Crippen LogP) is 0.552. The fraction of sp³-hybridized carbons (Fsp3) is 0.300. The molecule has 15 heavy (non-hydrogen) atoms. The highest BCUT2D eigenvalue weighted by atomic mass is 15.3. The fourth-order valence-electron chi connectivity index (χ4n) is 1.37. The Hall–Kier alpha value is -1.75. The molecule has 2 N–H and O–H groups in total. The van der Waals surface area contributed by atoms with Crippen LogP contribution in [0.25, 0.3) is 5.82 Å². The second-order valence-electron chi connectivity index (χ2n) is 3.55. The number of pyridine rings is 1. The first kappa shape index (κ1) is 9.79. The SMILES string of the molecule is C[C@@H](N)Cc1ccc(-n2cncn2)nc1. The number of nitrogens with two attached hydrogens (primary N) is 1. The van der Waals surface area contributed by atoms with Gasteiger partial charge in [-0.15, -0.1) is 0 Å². The second kappa shape index (κ2) is 4.18. The van der Waals surface area contributed by atoms with Gasteiger partial charge in [-0.2, -0.15) is 5.10 Å². The van der Waals surface area contributed by atoms with E-state index in [1.807, 2.05) is 25.3 Å². The molecule has 0 aliphatic carbocycles. The van der Waals surface area contributed by atoms with Crippen molar-refractivity contribution in [1.82, 2.24) is 19.7 Å². The molecule has 0 aliphatic heterocycles. The number of rotatable bonds is 3. The zero-order valence-electron chi connectivity index (χ0n) is 8.54. The molecule has 5 heteroatoms. The van der Waals surface area contributed by atoms with Gasteiger partial charge in [0.2, 0.25) is 0 Å². The first-order chi connectivity index (χ1) is 7.25. The van der Waals surface area contributed by atoms with Gasteiger partial charge >= 0.3 is 0 Å². The summed E-state index contributed by atoms with van der Waals surface area (Å²) in [5.74, 6) is 0.765. The molecule has 1 atom stereocenters. The summed E-state index contributed by atoms with van der Waals surface area (Å²) in [7, 11) is 0. The first-order valence-electron chi connectivity index (χ1n) is 4.81. The van der Waals surface area contributed by atoms with Crippen molar-refractivity contribution >= 4 is 0 Å². The van der Waals surface area contributed by atoms with Crippen LogP contribution >= 0.6 is 0 Å². The molecule has 5 nitrogen and oxygen atoms in total. The van der Waals surface area contributed by atoms with Crippen LogP contribution in [0.1, 0.15) is 12.5 Å². The average molecular weight is 203 g/mol. The largest absolute Gasteiger partial charge is 0.328 e. The Morgan fingerprint density at radius 2 is 2.33 bits per heavy atom. The van der Waals surface area contributed by atoms with Crippen LogP contribution in [0.5, 0.6) is 0 Å². The molecule has 0 radical (unpaired) electrons. The van der Waals surface area contributed by atoms with E-state index in [2.05, 4.69) is 15.1 Å². The van der Waals surface area contributed by atoms with Crippen molar-refractivity contribution in [3.8, 4) is 5.82 Å². The summed E-state index contributed by atoms with van der Waals surface area (Å²) in [4.78, 5) is 8.14. The molecule has 0 aromatic carbocycles. The van der Waals surface area contributed by atoms with Crippen molar-refractivity contribution in [1.29, 1.82) is 0 Å². The van der Waals surface area contributed by atoms with Gasteiger partial charge in [0.15, 0.2) is 5.82 Å². The van der Waals surface area contributed by atoms with Crippen molar-refractivity contribution < 1.29 is 0 Å². The summed E-state index contributed by atoms with van der Waals surface area (Å²) in [5.41, 5.74) is 6.83. The molecule has 0 bridgehead atoms. The molecule has 0 saturated heterocycles. The number of nitrogens with zero attached hydrogens (tertiary/aromatic N) is 4. The van der Waals surface area contributed by atoms with Gasteiger partial charge in [-0.3, -0.25) is 0 Å². The Morgan fingerprint density at radius 1 is 1.47 bits per heavy atom. The molecule has 0 saturated carbocycles. The molecule has 2 heterocycles. The molecule has 0 amide bonds. The van der Waals surface area contributed by atoms with Gasteiger partial charge < -0.3 is 5.73 Å². The minimum atomic E-state index is 0.157. The van der Waals surface area contributed by atoms with Gasteiger partial charge in [0.05, 0.1) is 0 Å². The average Bonchev–Trinajstić information content (AvgIpc) is 2.71. The van der Waals surface area contributed by atoms with Crippen molar-refractivity contribution in [3.05, 3.63) is 36.5 Å². The Labute approximate surface area is 88.0 Å². The number of hydrogen-bond acceptors (Lipinski definition) is 4. The normalized spacial score (nSPS) is 12.7. The zero-order valence-corrected chi connectivity index (χ0v) is 8.54. The molecule has 0 spiro atoms. The van der Waals surface area contributed by atoms with Crippen LogP contribution < -0.4 is 5.73 Å². The highest BCUT2D eigenvalue weighted by molar-refractivity contribution is 5.24. The van der Waals surface area contributed by atoms with E-state index in [0.29, 0.717) is 0 Å². The fourth-order valence-corrected chi connectivity index (χ4v) is 1.37. The lowest BCUT2D eigenvalue weighted by atomic mass is 10.1. The second-order valence-corrected chi connectivity index (χ2v) is 3.55. The quantitative estimate of drug-likeness (QED) is 0.791. The maximum Gasteiger partial charge on any atom is 0.155 e. The van der Waals surface area contributed by atoms with Crippen molar-refractivity contribution in [3.63, 3.8) is 0 Å². The van der Waals surface area contributed by atoms with Crippen LogP contribution in [0, 0.1) is 0 Å². The molecule has 2 aromatic rings. The van der Waals surface area contributed by atoms with Crippen LogP contribution in [0.2, 0.25) is 0 Å².